The van der Waals surface area contributed by atoms with Crippen molar-refractivity contribution in [2.75, 3.05) is 11.9 Å². The number of rotatable bonds is 6. The Labute approximate surface area is 182 Å². The predicted molar refractivity (Wildman–Crippen MR) is 118 cm³/mol. The van der Waals surface area contributed by atoms with Crippen molar-refractivity contribution in [3.05, 3.63) is 71.6 Å². The summed E-state index contributed by atoms with van der Waals surface area (Å²) < 4.78 is 1.55. The van der Waals surface area contributed by atoms with E-state index in [1.807, 2.05) is 19.1 Å². The molecule has 1 saturated heterocycles. The van der Waals surface area contributed by atoms with E-state index >= 15 is 0 Å². The molecule has 4 rings (SSSR count). The van der Waals surface area contributed by atoms with Crippen LogP contribution in [0.15, 0.2) is 60.4 Å². The molecule has 0 bridgehead atoms. The Kier molecular flexibility index (Phi) is 5.46. The number of carbonyl (C=O) groups excluding carboxylic acids is 3. The fraction of sp³-hybridized carbons (Fsp3) is 0.130. The van der Waals surface area contributed by atoms with Gasteiger partial charge in [-0.1, -0.05) is 35.9 Å². The molecule has 0 saturated carbocycles. The van der Waals surface area contributed by atoms with Crippen LogP contribution >= 0.6 is 0 Å². The van der Waals surface area contributed by atoms with Gasteiger partial charge in [0.25, 0.3) is 5.91 Å². The van der Waals surface area contributed by atoms with Crippen molar-refractivity contribution < 1.29 is 24.3 Å². The van der Waals surface area contributed by atoms with Crippen molar-refractivity contribution in [3.8, 4) is 0 Å². The number of urea groups is 1. The number of fused-ring (bicyclic) bond motifs is 1. The molecule has 1 fully saturated rings. The Morgan fingerprint density at radius 1 is 1.06 bits per heavy atom. The number of aromatic nitrogens is 1. The molecule has 0 radical (unpaired) electrons. The van der Waals surface area contributed by atoms with Crippen LogP contribution in [0.3, 0.4) is 0 Å². The van der Waals surface area contributed by atoms with Crippen molar-refractivity contribution in [1.82, 2.24) is 14.8 Å². The molecule has 1 aliphatic heterocycles. The first kappa shape index (κ1) is 20.9. The standard InChI is InChI=1S/C23H20N4O5/c1-14-6-8-16(9-7-14)24-20(28)12-27-22(31)18(25-23(27)32)10-15-11-26(13-21(29)30)19-5-3-2-4-17(15)19/h2-11H,12-13H2,1H3,(H,24,28)(H,25,32)(H,29,30)/b18-10+. The molecule has 162 valence electrons. The second-order valence-corrected chi connectivity index (χ2v) is 7.42. The number of nitrogens with zero attached hydrogens (tertiary/aromatic N) is 2. The van der Waals surface area contributed by atoms with Gasteiger partial charge in [-0.15, -0.1) is 0 Å². The Morgan fingerprint density at radius 3 is 2.50 bits per heavy atom. The van der Waals surface area contributed by atoms with Gasteiger partial charge in [0.05, 0.1) is 0 Å². The fourth-order valence-electron chi connectivity index (χ4n) is 3.52. The van der Waals surface area contributed by atoms with Crippen molar-refractivity contribution in [2.24, 2.45) is 0 Å². The highest BCUT2D eigenvalue weighted by atomic mass is 16.4. The maximum atomic E-state index is 12.8. The quantitative estimate of drug-likeness (QED) is 0.408. The van der Waals surface area contributed by atoms with Gasteiger partial charge >= 0.3 is 12.0 Å². The van der Waals surface area contributed by atoms with Gasteiger partial charge in [-0.25, -0.2) is 9.69 Å². The molecule has 1 aromatic heterocycles. The largest absolute Gasteiger partial charge is 0.480 e. The van der Waals surface area contributed by atoms with Gasteiger partial charge in [0.15, 0.2) is 0 Å². The van der Waals surface area contributed by atoms with Crippen LogP contribution in [0.25, 0.3) is 17.0 Å². The number of hydrogen-bond donors (Lipinski definition) is 3. The molecule has 2 heterocycles. The molecule has 0 spiro atoms. The number of aryl methyl sites for hydroxylation is 1. The summed E-state index contributed by atoms with van der Waals surface area (Å²) >= 11 is 0. The average Bonchev–Trinajstić information content (AvgIpc) is 3.22. The van der Waals surface area contributed by atoms with Gasteiger partial charge in [0.2, 0.25) is 5.91 Å². The summed E-state index contributed by atoms with van der Waals surface area (Å²) in [4.78, 5) is 49.4. The molecule has 0 aliphatic carbocycles. The highest BCUT2D eigenvalue weighted by Gasteiger charge is 2.35. The summed E-state index contributed by atoms with van der Waals surface area (Å²) in [7, 11) is 0. The molecule has 1 aliphatic rings. The second-order valence-electron chi connectivity index (χ2n) is 7.42. The van der Waals surface area contributed by atoms with E-state index in [1.165, 1.54) is 6.08 Å². The van der Waals surface area contributed by atoms with Gasteiger partial charge in [-0.3, -0.25) is 14.4 Å². The monoisotopic (exact) mass is 432 g/mol. The lowest BCUT2D eigenvalue weighted by molar-refractivity contribution is -0.137. The van der Waals surface area contributed by atoms with E-state index in [0.717, 1.165) is 15.8 Å². The Hall–Kier alpha value is -4.40. The number of carboxylic acid groups (broad SMARTS) is 1. The summed E-state index contributed by atoms with van der Waals surface area (Å²) in [6.45, 7) is 1.25. The molecule has 0 atom stereocenters. The van der Waals surface area contributed by atoms with E-state index in [9.17, 15) is 19.2 Å². The Morgan fingerprint density at radius 2 is 1.78 bits per heavy atom. The average molecular weight is 432 g/mol. The first-order valence-corrected chi connectivity index (χ1v) is 9.82. The number of aliphatic carboxylic acids is 1. The maximum absolute atomic E-state index is 12.8. The van der Waals surface area contributed by atoms with Crippen LogP contribution in [0.2, 0.25) is 0 Å². The Bertz CT molecular complexity index is 1270. The van der Waals surface area contributed by atoms with Crippen LogP contribution in [-0.2, 0) is 20.9 Å². The minimum absolute atomic E-state index is 0.0105. The third-order valence-electron chi connectivity index (χ3n) is 5.02. The van der Waals surface area contributed by atoms with Crippen molar-refractivity contribution >= 4 is 46.5 Å². The molecule has 0 unspecified atom stereocenters. The fourth-order valence-corrected chi connectivity index (χ4v) is 3.52. The van der Waals surface area contributed by atoms with Gasteiger partial charge in [-0.2, -0.15) is 0 Å². The lowest BCUT2D eigenvalue weighted by atomic mass is 10.1. The normalized spacial score (nSPS) is 14.8. The minimum Gasteiger partial charge on any atom is -0.480 e. The van der Waals surface area contributed by atoms with E-state index in [2.05, 4.69) is 10.6 Å². The second kappa shape index (κ2) is 8.38. The van der Waals surface area contributed by atoms with Crippen LogP contribution in [0.1, 0.15) is 11.1 Å². The zero-order valence-electron chi connectivity index (χ0n) is 17.2. The summed E-state index contributed by atoms with van der Waals surface area (Å²) in [5.74, 6) is -2.14. The molecule has 9 nitrogen and oxygen atoms in total. The van der Waals surface area contributed by atoms with Crippen LogP contribution in [0.5, 0.6) is 0 Å². The first-order chi connectivity index (χ1) is 15.3. The molecule has 3 aromatic rings. The van der Waals surface area contributed by atoms with E-state index in [4.69, 9.17) is 5.11 Å². The van der Waals surface area contributed by atoms with E-state index in [1.54, 1.807) is 47.2 Å². The predicted octanol–water partition coefficient (Wildman–Crippen LogP) is 2.57. The zero-order chi connectivity index (χ0) is 22.8. The molecule has 2 aromatic carbocycles. The number of anilines is 1. The molecule has 3 N–H and O–H groups in total. The van der Waals surface area contributed by atoms with Crippen LogP contribution in [0.4, 0.5) is 10.5 Å². The lowest BCUT2D eigenvalue weighted by Gasteiger charge is -2.12. The van der Waals surface area contributed by atoms with Crippen molar-refractivity contribution in [1.29, 1.82) is 0 Å². The molecular formula is C23H20N4O5. The van der Waals surface area contributed by atoms with Crippen LogP contribution in [-0.4, -0.2) is 44.9 Å². The van der Waals surface area contributed by atoms with E-state index < -0.39 is 30.4 Å². The van der Waals surface area contributed by atoms with Crippen LogP contribution < -0.4 is 10.6 Å². The molecule has 4 amide bonds. The van der Waals surface area contributed by atoms with E-state index in [0.29, 0.717) is 16.8 Å². The third kappa shape index (κ3) is 4.22. The highest BCUT2D eigenvalue weighted by Crippen LogP contribution is 2.24. The highest BCUT2D eigenvalue weighted by molar-refractivity contribution is 6.16. The van der Waals surface area contributed by atoms with E-state index in [-0.39, 0.29) is 12.2 Å². The topological polar surface area (TPSA) is 121 Å². The number of carbonyl (C=O) groups is 4. The first-order valence-electron chi connectivity index (χ1n) is 9.82. The maximum Gasteiger partial charge on any atom is 0.329 e. The molecular weight excluding hydrogens is 412 g/mol. The summed E-state index contributed by atoms with van der Waals surface area (Å²) in [5, 5.41) is 15.0. The third-order valence-corrected chi connectivity index (χ3v) is 5.02. The SMILES string of the molecule is Cc1ccc(NC(=O)CN2C(=O)N/C(=C/c3cn(CC(=O)O)c4ccccc34)C2=O)cc1. The minimum atomic E-state index is -0.999. The molecule has 9 heteroatoms. The lowest BCUT2D eigenvalue weighted by Crippen LogP contribution is -2.38. The number of imide groups is 1. The zero-order valence-corrected chi connectivity index (χ0v) is 17.2. The molecule has 32 heavy (non-hydrogen) atoms. The Balaban J connectivity index is 1.54. The smallest absolute Gasteiger partial charge is 0.329 e. The number of para-hydroxylation sites is 1. The van der Waals surface area contributed by atoms with Crippen molar-refractivity contribution in [2.45, 2.75) is 13.5 Å². The number of benzene rings is 2. The number of carboxylic acids is 1. The number of amides is 4. The number of hydrogen-bond acceptors (Lipinski definition) is 4. The summed E-state index contributed by atoms with van der Waals surface area (Å²) in [6, 6.07) is 13.6. The van der Waals surface area contributed by atoms with Gasteiger partial charge in [-0.05, 0) is 31.2 Å². The summed E-state index contributed by atoms with van der Waals surface area (Å²) in [5.41, 5.74) is 2.88. The number of nitrogens with one attached hydrogen (secondary N) is 2. The van der Waals surface area contributed by atoms with Crippen LogP contribution in [0, 0.1) is 6.92 Å². The summed E-state index contributed by atoms with van der Waals surface area (Å²) in [6.07, 6.45) is 3.09. The van der Waals surface area contributed by atoms with Gasteiger partial charge < -0.3 is 20.3 Å². The van der Waals surface area contributed by atoms with Crippen molar-refractivity contribution in [3.63, 3.8) is 0 Å². The van der Waals surface area contributed by atoms with Gasteiger partial charge in [0, 0.05) is 28.4 Å². The van der Waals surface area contributed by atoms with Gasteiger partial charge in [0.1, 0.15) is 18.8 Å².